The van der Waals surface area contributed by atoms with Crippen molar-refractivity contribution in [3.63, 3.8) is 0 Å². The molecule has 0 atom stereocenters. The summed E-state index contributed by atoms with van der Waals surface area (Å²) >= 11 is 2.84. The molecular weight excluding hydrogens is 318 g/mol. The van der Waals surface area contributed by atoms with Crippen molar-refractivity contribution in [2.45, 2.75) is 24.6 Å². The molecule has 2 nitrogen and oxygen atoms in total. The topological polar surface area (TPSA) is 29.1 Å². The van der Waals surface area contributed by atoms with Gasteiger partial charge < -0.3 is 5.32 Å². The number of alkyl halides is 3. The molecule has 1 aliphatic rings. The molecule has 18 heavy (non-hydrogen) atoms. The molecule has 1 saturated carbocycles. The van der Waals surface area contributed by atoms with E-state index >= 15 is 0 Å². The number of carbonyl (C=O) groups excluding carboxylic acids is 1. The van der Waals surface area contributed by atoms with Gasteiger partial charge in [-0.15, -0.1) is 0 Å². The lowest BCUT2D eigenvalue weighted by Gasteiger charge is -2.21. The van der Waals surface area contributed by atoms with Crippen LogP contribution >= 0.6 is 15.9 Å². The van der Waals surface area contributed by atoms with E-state index < -0.39 is 23.4 Å². The smallest absolute Gasteiger partial charge is 0.338 e. The molecule has 0 aromatic heterocycles. The van der Waals surface area contributed by atoms with Gasteiger partial charge in [0.25, 0.3) is 5.91 Å². The van der Waals surface area contributed by atoms with Gasteiger partial charge >= 0.3 is 6.18 Å². The minimum Gasteiger partial charge on any atom is -0.338 e. The second-order valence-electron chi connectivity index (χ2n) is 4.14. The van der Waals surface area contributed by atoms with E-state index in [1.54, 1.807) is 0 Å². The van der Waals surface area contributed by atoms with Crippen LogP contribution in [0.2, 0.25) is 0 Å². The van der Waals surface area contributed by atoms with Crippen LogP contribution in [0.1, 0.15) is 23.2 Å². The number of halogens is 5. The first-order valence-corrected chi connectivity index (χ1v) is 5.89. The standard InChI is InChI=1S/C11H8BrF4NO/c12-8-6(2-1-3-7(8)13)9(18)17-10(4-5-10)11(14,15)16/h1-3H,4-5H2,(H,17,18). The van der Waals surface area contributed by atoms with Crippen LogP contribution in [0, 0.1) is 5.82 Å². The molecule has 0 unspecified atom stereocenters. The van der Waals surface area contributed by atoms with E-state index in [4.69, 9.17) is 0 Å². The van der Waals surface area contributed by atoms with Gasteiger partial charge in [0.2, 0.25) is 0 Å². The summed E-state index contributed by atoms with van der Waals surface area (Å²) in [5, 5.41) is 1.93. The summed E-state index contributed by atoms with van der Waals surface area (Å²) in [5.41, 5.74) is -2.29. The molecule has 2 rings (SSSR count). The summed E-state index contributed by atoms with van der Waals surface area (Å²) in [5.74, 6) is -1.63. The number of benzene rings is 1. The average molecular weight is 326 g/mol. The van der Waals surface area contributed by atoms with Crippen molar-refractivity contribution in [3.05, 3.63) is 34.1 Å². The van der Waals surface area contributed by atoms with E-state index in [1.807, 2.05) is 5.32 Å². The lowest BCUT2D eigenvalue weighted by molar-refractivity contribution is -0.163. The average Bonchev–Trinajstić information content (AvgIpc) is 3.02. The van der Waals surface area contributed by atoms with Gasteiger partial charge in [0, 0.05) is 0 Å². The number of nitrogens with one attached hydrogen (secondary N) is 1. The fourth-order valence-corrected chi connectivity index (χ4v) is 2.01. The second kappa shape index (κ2) is 4.22. The zero-order chi connectivity index (χ0) is 13.6. The highest BCUT2D eigenvalue weighted by Crippen LogP contribution is 2.49. The van der Waals surface area contributed by atoms with E-state index in [0.29, 0.717) is 0 Å². The third kappa shape index (κ3) is 2.23. The van der Waals surface area contributed by atoms with E-state index in [-0.39, 0.29) is 22.9 Å². The Morgan fingerprint density at radius 3 is 2.44 bits per heavy atom. The van der Waals surface area contributed by atoms with Crippen LogP contribution in [0.25, 0.3) is 0 Å². The van der Waals surface area contributed by atoms with Crippen molar-refractivity contribution in [1.29, 1.82) is 0 Å². The summed E-state index contributed by atoms with van der Waals surface area (Å²) in [7, 11) is 0. The Labute approximate surface area is 108 Å². The predicted octanol–water partition coefficient (Wildman–Crippen LogP) is 3.41. The Kier molecular flexibility index (Phi) is 3.12. The number of hydrogen-bond acceptors (Lipinski definition) is 1. The first-order valence-electron chi connectivity index (χ1n) is 5.10. The predicted molar refractivity (Wildman–Crippen MR) is 59.6 cm³/mol. The molecule has 0 heterocycles. The van der Waals surface area contributed by atoms with Crippen molar-refractivity contribution < 1.29 is 22.4 Å². The minimum absolute atomic E-state index is 0.138. The summed E-state index contributed by atoms with van der Waals surface area (Å²) in [4.78, 5) is 11.7. The Bertz CT molecular complexity index is 496. The first-order chi connectivity index (χ1) is 8.27. The van der Waals surface area contributed by atoms with Crippen LogP contribution in [0.5, 0.6) is 0 Å². The Balaban J connectivity index is 2.21. The van der Waals surface area contributed by atoms with Gasteiger partial charge in [0.1, 0.15) is 11.4 Å². The van der Waals surface area contributed by atoms with Crippen LogP contribution in [-0.4, -0.2) is 17.6 Å². The van der Waals surface area contributed by atoms with Crippen LogP contribution in [-0.2, 0) is 0 Å². The van der Waals surface area contributed by atoms with E-state index in [2.05, 4.69) is 15.9 Å². The molecule has 1 N–H and O–H groups in total. The van der Waals surface area contributed by atoms with Crippen molar-refractivity contribution >= 4 is 21.8 Å². The molecule has 0 radical (unpaired) electrons. The molecule has 1 amide bonds. The van der Waals surface area contributed by atoms with Gasteiger partial charge in [0.15, 0.2) is 0 Å². The van der Waals surface area contributed by atoms with Gasteiger partial charge in [-0.1, -0.05) is 6.07 Å². The van der Waals surface area contributed by atoms with Crippen LogP contribution < -0.4 is 5.32 Å². The highest BCUT2D eigenvalue weighted by molar-refractivity contribution is 9.10. The van der Waals surface area contributed by atoms with Crippen LogP contribution in [0.15, 0.2) is 22.7 Å². The molecule has 0 bridgehead atoms. The fraction of sp³-hybridized carbons (Fsp3) is 0.364. The highest BCUT2D eigenvalue weighted by atomic mass is 79.9. The lowest BCUT2D eigenvalue weighted by atomic mass is 10.1. The molecule has 7 heteroatoms. The van der Waals surface area contributed by atoms with Crippen LogP contribution in [0.3, 0.4) is 0 Å². The third-order valence-electron chi connectivity index (χ3n) is 2.84. The second-order valence-corrected chi connectivity index (χ2v) is 4.93. The van der Waals surface area contributed by atoms with E-state index in [0.717, 1.165) is 6.07 Å². The number of carbonyl (C=O) groups is 1. The molecular formula is C11H8BrF4NO. The zero-order valence-corrected chi connectivity index (χ0v) is 10.5. The summed E-state index contributed by atoms with van der Waals surface area (Å²) < 4.78 is 51.0. The number of hydrogen-bond donors (Lipinski definition) is 1. The summed E-state index contributed by atoms with van der Waals surface area (Å²) in [6.45, 7) is 0. The fourth-order valence-electron chi connectivity index (χ4n) is 1.57. The Hall–Kier alpha value is -1.11. The quantitative estimate of drug-likeness (QED) is 0.829. The van der Waals surface area contributed by atoms with Gasteiger partial charge in [0.05, 0.1) is 10.0 Å². The maximum atomic E-state index is 13.2. The van der Waals surface area contributed by atoms with Crippen molar-refractivity contribution in [1.82, 2.24) is 5.32 Å². The number of rotatable bonds is 2. The van der Waals surface area contributed by atoms with Gasteiger partial charge in [-0.3, -0.25) is 4.79 Å². The zero-order valence-electron chi connectivity index (χ0n) is 8.94. The van der Waals surface area contributed by atoms with Gasteiger partial charge in [-0.25, -0.2) is 4.39 Å². The SMILES string of the molecule is O=C(NC1(C(F)(F)F)CC1)c1cccc(F)c1Br. The maximum absolute atomic E-state index is 13.2. The number of amides is 1. The Morgan fingerprint density at radius 1 is 1.33 bits per heavy atom. The third-order valence-corrected chi connectivity index (χ3v) is 3.65. The largest absolute Gasteiger partial charge is 0.411 e. The molecule has 1 aromatic rings. The monoisotopic (exact) mass is 325 g/mol. The van der Waals surface area contributed by atoms with Gasteiger partial charge in [-0.05, 0) is 40.9 Å². The van der Waals surface area contributed by atoms with E-state index in [1.165, 1.54) is 12.1 Å². The normalized spacial score (nSPS) is 17.4. The molecule has 98 valence electrons. The molecule has 1 fully saturated rings. The lowest BCUT2D eigenvalue weighted by Crippen LogP contribution is -2.47. The van der Waals surface area contributed by atoms with Crippen molar-refractivity contribution in [2.75, 3.05) is 0 Å². The first kappa shape index (κ1) is 13.3. The maximum Gasteiger partial charge on any atom is 0.411 e. The minimum atomic E-state index is -4.48. The molecule has 1 aromatic carbocycles. The van der Waals surface area contributed by atoms with E-state index in [9.17, 15) is 22.4 Å². The molecule has 0 saturated heterocycles. The molecule has 0 spiro atoms. The summed E-state index contributed by atoms with van der Waals surface area (Å²) in [6, 6.07) is 3.63. The summed E-state index contributed by atoms with van der Waals surface area (Å²) in [6.07, 6.45) is -4.77. The molecule has 1 aliphatic carbocycles. The highest BCUT2D eigenvalue weighted by Gasteiger charge is 2.64. The van der Waals surface area contributed by atoms with Gasteiger partial charge in [-0.2, -0.15) is 13.2 Å². The van der Waals surface area contributed by atoms with Crippen molar-refractivity contribution in [2.24, 2.45) is 0 Å². The Morgan fingerprint density at radius 2 is 1.94 bits per heavy atom. The van der Waals surface area contributed by atoms with Crippen LogP contribution in [0.4, 0.5) is 17.6 Å². The molecule has 0 aliphatic heterocycles. The van der Waals surface area contributed by atoms with Crippen molar-refractivity contribution in [3.8, 4) is 0 Å².